The summed E-state index contributed by atoms with van der Waals surface area (Å²) in [5, 5.41) is 4.41. The Kier molecular flexibility index (Phi) is 4.86. The molecule has 0 aromatic carbocycles. The Labute approximate surface area is 120 Å². The van der Waals surface area contributed by atoms with Crippen LogP contribution in [-0.2, 0) is 13.0 Å². The van der Waals surface area contributed by atoms with Gasteiger partial charge in [-0.15, -0.1) is 11.3 Å². The molecule has 1 N–H and O–H groups in total. The van der Waals surface area contributed by atoms with Gasteiger partial charge in [-0.05, 0) is 35.0 Å². The number of halogens is 1. The molecule has 0 amide bonds. The van der Waals surface area contributed by atoms with Crippen LogP contribution in [0.3, 0.4) is 0 Å². The smallest absolute Gasteiger partial charge is 0.125 e. The topological polar surface area (TPSA) is 37.8 Å². The van der Waals surface area contributed by atoms with Crippen molar-refractivity contribution in [1.29, 1.82) is 0 Å². The maximum Gasteiger partial charge on any atom is 0.125 e. The Morgan fingerprint density at radius 3 is 2.83 bits per heavy atom. The van der Waals surface area contributed by atoms with Gasteiger partial charge in [0, 0.05) is 33.9 Å². The summed E-state index contributed by atoms with van der Waals surface area (Å²) in [6.07, 6.45) is 4.62. The molecule has 0 spiro atoms. The predicted octanol–water partition coefficient (Wildman–Crippen LogP) is 3.64. The van der Waals surface area contributed by atoms with Crippen molar-refractivity contribution in [2.75, 3.05) is 6.54 Å². The second-order valence-electron chi connectivity index (χ2n) is 3.91. The SMILES string of the molecule is CCNCc1sc(-c2cncc(Br)c2)nc1CC. The van der Waals surface area contributed by atoms with E-state index in [1.165, 1.54) is 10.6 Å². The summed E-state index contributed by atoms with van der Waals surface area (Å²) in [5.74, 6) is 0. The van der Waals surface area contributed by atoms with Gasteiger partial charge in [0.25, 0.3) is 0 Å². The zero-order chi connectivity index (χ0) is 13.0. The lowest BCUT2D eigenvalue weighted by Gasteiger charge is -1.99. The number of rotatable bonds is 5. The summed E-state index contributed by atoms with van der Waals surface area (Å²) in [5.41, 5.74) is 2.27. The molecule has 0 radical (unpaired) electrons. The molecule has 5 heteroatoms. The minimum Gasteiger partial charge on any atom is -0.312 e. The van der Waals surface area contributed by atoms with Gasteiger partial charge in [0.15, 0.2) is 0 Å². The van der Waals surface area contributed by atoms with Crippen molar-refractivity contribution in [3.05, 3.63) is 33.5 Å². The summed E-state index contributed by atoms with van der Waals surface area (Å²) in [7, 11) is 0. The Balaban J connectivity index is 2.31. The third kappa shape index (κ3) is 3.16. The number of thiazole rings is 1. The maximum absolute atomic E-state index is 4.71. The van der Waals surface area contributed by atoms with Crippen LogP contribution in [0.15, 0.2) is 22.9 Å². The van der Waals surface area contributed by atoms with E-state index in [1.807, 2.05) is 6.20 Å². The predicted molar refractivity (Wildman–Crippen MR) is 79.8 cm³/mol. The van der Waals surface area contributed by atoms with Gasteiger partial charge in [-0.25, -0.2) is 4.98 Å². The van der Waals surface area contributed by atoms with Crippen LogP contribution < -0.4 is 5.32 Å². The van der Waals surface area contributed by atoms with E-state index in [-0.39, 0.29) is 0 Å². The van der Waals surface area contributed by atoms with E-state index in [0.29, 0.717) is 0 Å². The lowest BCUT2D eigenvalue weighted by molar-refractivity contribution is 0.727. The van der Waals surface area contributed by atoms with Crippen LogP contribution in [0.4, 0.5) is 0 Å². The van der Waals surface area contributed by atoms with E-state index in [2.05, 4.69) is 46.1 Å². The molecule has 0 aliphatic carbocycles. The minimum atomic E-state index is 0.902. The number of pyridine rings is 1. The molecule has 18 heavy (non-hydrogen) atoms. The first kappa shape index (κ1) is 13.6. The molecule has 2 aromatic heterocycles. The van der Waals surface area contributed by atoms with E-state index in [9.17, 15) is 0 Å². The monoisotopic (exact) mass is 325 g/mol. The third-order valence-corrected chi connectivity index (χ3v) is 4.18. The molecule has 2 heterocycles. The van der Waals surface area contributed by atoms with Gasteiger partial charge in [-0.1, -0.05) is 13.8 Å². The molecule has 2 aromatic rings. The van der Waals surface area contributed by atoms with Crippen molar-refractivity contribution in [3.63, 3.8) is 0 Å². The van der Waals surface area contributed by atoms with E-state index in [1.54, 1.807) is 17.5 Å². The lowest BCUT2D eigenvalue weighted by Crippen LogP contribution is -2.11. The number of aryl methyl sites for hydroxylation is 1. The molecule has 0 unspecified atom stereocenters. The van der Waals surface area contributed by atoms with Crippen LogP contribution in [-0.4, -0.2) is 16.5 Å². The van der Waals surface area contributed by atoms with Gasteiger partial charge in [-0.2, -0.15) is 0 Å². The van der Waals surface area contributed by atoms with Gasteiger partial charge in [0.2, 0.25) is 0 Å². The molecule has 2 rings (SSSR count). The third-order valence-electron chi connectivity index (χ3n) is 2.60. The Morgan fingerprint density at radius 1 is 1.33 bits per heavy atom. The standard InChI is InChI=1S/C13H16BrN3S/c1-3-11-12(8-15-4-2)18-13(17-11)9-5-10(14)7-16-6-9/h5-7,15H,3-4,8H2,1-2H3. The molecule has 96 valence electrons. The first-order chi connectivity index (χ1) is 8.74. The summed E-state index contributed by atoms with van der Waals surface area (Å²) in [6.45, 7) is 6.15. The minimum absolute atomic E-state index is 0.902. The Hall–Kier alpha value is -0.780. The number of aromatic nitrogens is 2. The summed E-state index contributed by atoms with van der Waals surface area (Å²) >= 11 is 5.20. The zero-order valence-electron chi connectivity index (χ0n) is 10.5. The van der Waals surface area contributed by atoms with E-state index >= 15 is 0 Å². The van der Waals surface area contributed by atoms with Crippen LogP contribution in [0, 0.1) is 0 Å². The highest BCUT2D eigenvalue weighted by molar-refractivity contribution is 9.10. The zero-order valence-corrected chi connectivity index (χ0v) is 12.9. The molecule has 0 saturated carbocycles. The number of nitrogens with zero attached hydrogens (tertiary/aromatic N) is 2. The number of hydrogen-bond donors (Lipinski definition) is 1. The van der Waals surface area contributed by atoms with Crippen LogP contribution in [0.1, 0.15) is 24.4 Å². The van der Waals surface area contributed by atoms with Gasteiger partial charge < -0.3 is 5.32 Å². The van der Waals surface area contributed by atoms with Crippen molar-refractivity contribution >= 4 is 27.3 Å². The molecule has 0 bridgehead atoms. The van der Waals surface area contributed by atoms with Crippen molar-refractivity contribution in [3.8, 4) is 10.6 Å². The molecule has 0 aliphatic rings. The second kappa shape index (κ2) is 6.41. The van der Waals surface area contributed by atoms with Crippen molar-refractivity contribution in [1.82, 2.24) is 15.3 Å². The van der Waals surface area contributed by atoms with Crippen molar-refractivity contribution in [2.45, 2.75) is 26.8 Å². The molecular weight excluding hydrogens is 310 g/mol. The largest absolute Gasteiger partial charge is 0.312 e. The van der Waals surface area contributed by atoms with Crippen LogP contribution >= 0.6 is 27.3 Å². The quantitative estimate of drug-likeness (QED) is 0.911. The molecule has 0 fully saturated rings. The summed E-state index contributed by atoms with van der Waals surface area (Å²) in [6, 6.07) is 2.06. The van der Waals surface area contributed by atoms with Crippen LogP contribution in [0.5, 0.6) is 0 Å². The molecule has 3 nitrogen and oxygen atoms in total. The highest BCUT2D eigenvalue weighted by Gasteiger charge is 2.11. The molecule has 0 saturated heterocycles. The second-order valence-corrected chi connectivity index (χ2v) is 5.91. The number of hydrogen-bond acceptors (Lipinski definition) is 4. The van der Waals surface area contributed by atoms with Gasteiger partial charge in [0.1, 0.15) is 5.01 Å². The van der Waals surface area contributed by atoms with E-state index < -0.39 is 0 Å². The summed E-state index contributed by atoms with van der Waals surface area (Å²) in [4.78, 5) is 10.2. The Bertz CT molecular complexity index is 525. The normalized spacial score (nSPS) is 10.8. The van der Waals surface area contributed by atoms with E-state index in [4.69, 9.17) is 4.98 Å². The van der Waals surface area contributed by atoms with Crippen molar-refractivity contribution < 1.29 is 0 Å². The highest BCUT2D eigenvalue weighted by Crippen LogP contribution is 2.29. The van der Waals surface area contributed by atoms with E-state index in [0.717, 1.165) is 34.6 Å². The fraction of sp³-hybridized carbons (Fsp3) is 0.385. The van der Waals surface area contributed by atoms with Gasteiger partial charge in [-0.3, -0.25) is 4.98 Å². The van der Waals surface area contributed by atoms with Crippen molar-refractivity contribution in [2.24, 2.45) is 0 Å². The van der Waals surface area contributed by atoms with Crippen LogP contribution in [0.2, 0.25) is 0 Å². The molecular formula is C13H16BrN3S. The average molecular weight is 326 g/mol. The van der Waals surface area contributed by atoms with Crippen LogP contribution in [0.25, 0.3) is 10.6 Å². The summed E-state index contributed by atoms with van der Waals surface area (Å²) < 4.78 is 0.987. The Morgan fingerprint density at radius 2 is 2.17 bits per heavy atom. The highest BCUT2D eigenvalue weighted by atomic mass is 79.9. The first-order valence-corrected chi connectivity index (χ1v) is 7.65. The molecule has 0 atom stereocenters. The fourth-order valence-corrected chi connectivity index (χ4v) is 3.15. The van der Waals surface area contributed by atoms with Gasteiger partial charge in [0.05, 0.1) is 5.69 Å². The number of nitrogens with one attached hydrogen (secondary N) is 1. The molecule has 0 aliphatic heterocycles. The lowest BCUT2D eigenvalue weighted by atomic mass is 10.3. The average Bonchev–Trinajstić information content (AvgIpc) is 2.79. The fourth-order valence-electron chi connectivity index (χ4n) is 1.69. The maximum atomic E-state index is 4.71. The van der Waals surface area contributed by atoms with Gasteiger partial charge >= 0.3 is 0 Å². The first-order valence-electron chi connectivity index (χ1n) is 6.04.